The summed E-state index contributed by atoms with van der Waals surface area (Å²) in [6.45, 7) is 7.67. The van der Waals surface area contributed by atoms with E-state index < -0.39 is 11.5 Å². The first-order valence-corrected chi connectivity index (χ1v) is 7.72. The predicted molar refractivity (Wildman–Crippen MR) is 76.5 cm³/mol. The molecule has 1 fully saturated rings. The Kier molecular flexibility index (Phi) is 4.26. The van der Waals surface area contributed by atoms with Crippen molar-refractivity contribution in [1.29, 1.82) is 0 Å². The van der Waals surface area contributed by atoms with Crippen LogP contribution in [0.3, 0.4) is 0 Å². The second-order valence-electron chi connectivity index (χ2n) is 5.36. The van der Waals surface area contributed by atoms with Crippen LogP contribution in [0, 0.1) is 13.8 Å². The number of thiazole rings is 1. The van der Waals surface area contributed by atoms with Gasteiger partial charge in [0.1, 0.15) is 10.5 Å². The van der Waals surface area contributed by atoms with Crippen molar-refractivity contribution in [3.63, 3.8) is 0 Å². The molecule has 1 aromatic heterocycles. The Morgan fingerprint density at radius 3 is 2.79 bits per heavy atom. The maximum Gasteiger partial charge on any atom is 0.324 e. The van der Waals surface area contributed by atoms with Crippen LogP contribution in [0.15, 0.2) is 0 Å². The number of aryl methyl sites for hydroxylation is 2. The maximum atomic E-state index is 11.7. The second-order valence-corrected chi connectivity index (χ2v) is 6.65. The number of carbonyl (C=O) groups is 1. The summed E-state index contributed by atoms with van der Waals surface area (Å²) in [6, 6.07) is 0. The highest BCUT2D eigenvalue weighted by atomic mass is 32.1. The normalized spacial score (nSPS) is 23.9. The third kappa shape index (κ3) is 2.67. The van der Waals surface area contributed by atoms with E-state index in [1.165, 1.54) is 4.88 Å². The SMILES string of the molecule is CCCC1(C(=O)O)CCCN1Cc1nc(C)c(C)s1. The van der Waals surface area contributed by atoms with Crippen molar-refractivity contribution in [3.05, 3.63) is 15.6 Å². The number of rotatable bonds is 5. The van der Waals surface area contributed by atoms with Gasteiger partial charge < -0.3 is 5.11 Å². The van der Waals surface area contributed by atoms with Gasteiger partial charge >= 0.3 is 5.97 Å². The highest BCUT2D eigenvalue weighted by molar-refractivity contribution is 7.11. The smallest absolute Gasteiger partial charge is 0.324 e. The Bertz CT molecular complexity index is 453. The molecule has 1 aliphatic heterocycles. The zero-order valence-corrected chi connectivity index (χ0v) is 12.7. The van der Waals surface area contributed by atoms with E-state index in [2.05, 4.69) is 23.7 Å². The number of hydrogen-bond acceptors (Lipinski definition) is 4. The number of aromatic nitrogens is 1. The molecule has 0 saturated carbocycles. The van der Waals surface area contributed by atoms with E-state index in [1.807, 2.05) is 6.92 Å². The molecule has 19 heavy (non-hydrogen) atoms. The molecule has 0 amide bonds. The van der Waals surface area contributed by atoms with Crippen molar-refractivity contribution in [2.75, 3.05) is 6.54 Å². The van der Waals surface area contributed by atoms with Crippen LogP contribution in [0.1, 0.15) is 48.2 Å². The summed E-state index contributed by atoms with van der Waals surface area (Å²) < 4.78 is 0. The maximum absolute atomic E-state index is 11.7. The summed E-state index contributed by atoms with van der Waals surface area (Å²) in [5.41, 5.74) is 0.401. The molecule has 1 N–H and O–H groups in total. The van der Waals surface area contributed by atoms with Gasteiger partial charge in [0.15, 0.2) is 0 Å². The zero-order chi connectivity index (χ0) is 14.0. The van der Waals surface area contributed by atoms with Gasteiger partial charge in [-0.3, -0.25) is 9.69 Å². The monoisotopic (exact) mass is 282 g/mol. The Balaban J connectivity index is 2.20. The van der Waals surface area contributed by atoms with Crippen LogP contribution in [-0.4, -0.2) is 33.0 Å². The van der Waals surface area contributed by atoms with Crippen molar-refractivity contribution in [3.8, 4) is 0 Å². The molecule has 0 radical (unpaired) electrons. The Morgan fingerprint density at radius 1 is 1.53 bits per heavy atom. The van der Waals surface area contributed by atoms with Crippen LogP contribution in [0.25, 0.3) is 0 Å². The average Bonchev–Trinajstić information content (AvgIpc) is 2.86. The minimum absolute atomic E-state index is 0.664. The fraction of sp³-hybridized carbons (Fsp3) is 0.714. The van der Waals surface area contributed by atoms with Crippen LogP contribution in [0.2, 0.25) is 0 Å². The van der Waals surface area contributed by atoms with Gasteiger partial charge in [0.05, 0.1) is 12.2 Å². The highest BCUT2D eigenvalue weighted by Crippen LogP contribution is 2.35. The molecule has 1 atom stereocenters. The average molecular weight is 282 g/mol. The molecule has 4 nitrogen and oxygen atoms in total. The van der Waals surface area contributed by atoms with Crippen LogP contribution in [0.4, 0.5) is 0 Å². The van der Waals surface area contributed by atoms with Gasteiger partial charge in [-0.2, -0.15) is 0 Å². The van der Waals surface area contributed by atoms with E-state index in [-0.39, 0.29) is 0 Å². The van der Waals surface area contributed by atoms with Crippen LogP contribution in [0.5, 0.6) is 0 Å². The summed E-state index contributed by atoms with van der Waals surface area (Å²) >= 11 is 1.69. The molecule has 5 heteroatoms. The third-order valence-corrected chi connectivity index (χ3v) is 5.14. The first-order valence-electron chi connectivity index (χ1n) is 6.91. The molecule has 0 spiro atoms. The first-order chi connectivity index (χ1) is 8.99. The fourth-order valence-corrected chi connectivity index (χ4v) is 3.93. The first kappa shape index (κ1) is 14.5. The Hall–Kier alpha value is -0.940. The van der Waals surface area contributed by atoms with Gasteiger partial charge in [0.2, 0.25) is 0 Å². The van der Waals surface area contributed by atoms with E-state index in [1.54, 1.807) is 11.3 Å². The molecule has 1 saturated heterocycles. The zero-order valence-electron chi connectivity index (χ0n) is 11.9. The van der Waals surface area contributed by atoms with E-state index in [4.69, 9.17) is 0 Å². The van der Waals surface area contributed by atoms with Crippen molar-refractivity contribution in [2.24, 2.45) is 0 Å². The van der Waals surface area contributed by atoms with Crippen LogP contribution >= 0.6 is 11.3 Å². The largest absolute Gasteiger partial charge is 0.480 e. The van der Waals surface area contributed by atoms with E-state index in [9.17, 15) is 9.90 Å². The Labute approximate surface area is 118 Å². The summed E-state index contributed by atoms with van der Waals surface area (Å²) in [7, 11) is 0. The lowest BCUT2D eigenvalue weighted by Gasteiger charge is -2.34. The fourth-order valence-electron chi connectivity index (χ4n) is 2.98. The molecular formula is C14H22N2O2S. The molecule has 2 rings (SSSR count). The second kappa shape index (κ2) is 5.59. The Morgan fingerprint density at radius 2 is 2.26 bits per heavy atom. The number of aliphatic carboxylic acids is 1. The minimum atomic E-state index is -0.670. The summed E-state index contributed by atoms with van der Waals surface area (Å²) in [5, 5.41) is 10.7. The van der Waals surface area contributed by atoms with Crippen LogP contribution < -0.4 is 0 Å². The lowest BCUT2D eigenvalue weighted by Crippen LogP contribution is -2.49. The number of likely N-dealkylation sites (tertiary alicyclic amines) is 1. The van der Waals surface area contributed by atoms with Crippen molar-refractivity contribution >= 4 is 17.3 Å². The molecule has 0 bridgehead atoms. The van der Waals surface area contributed by atoms with Crippen molar-refractivity contribution in [1.82, 2.24) is 9.88 Å². The molecule has 2 heterocycles. The lowest BCUT2D eigenvalue weighted by molar-refractivity contribution is -0.150. The molecule has 1 aliphatic rings. The molecule has 106 valence electrons. The third-order valence-electron chi connectivity index (χ3n) is 4.08. The lowest BCUT2D eigenvalue weighted by atomic mass is 9.91. The number of hydrogen-bond donors (Lipinski definition) is 1. The molecule has 1 unspecified atom stereocenters. The van der Waals surface area contributed by atoms with Crippen molar-refractivity contribution in [2.45, 2.75) is 58.5 Å². The number of carboxylic acids is 1. The molecule has 0 aromatic carbocycles. The van der Waals surface area contributed by atoms with Crippen molar-refractivity contribution < 1.29 is 9.90 Å². The van der Waals surface area contributed by atoms with E-state index in [0.29, 0.717) is 6.54 Å². The predicted octanol–water partition coefficient (Wildman–Crippen LogP) is 2.98. The quantitative estimate of drug-likeness (QED) is 0.902. The number of nitrogens with zero attached hydrogens (tertiary/aromatic N) is 2. The standard InChI is InChI=1S/C14H22N2O2S/c1-4-6-14(13(17)18)7-5-8-16(14)9-12-15-10(2)11(3)19-12/h4-9H2,1-3H3,(H,17,18). The van der Waals surface area contributed by atoms with Gasteiger partial charge in [-0.05, 0) is 39.7 Å². The van der Waals surface area contributed by atoms with E-state index in [0.717, 1.165) is 42.9 Å². The summed E-state index contributed by atoms with van der Waals surface area (Å²) in [4.78, 5) is 19.6. The number of carboxylic acid groups (broad SMARTS) is 1. The minimum Gasteiger partial charge on any atom is -0.480 e. The topological polar surface area (TPSA) is 53.4 Å². The van der Waals surface area contributed by atoms with Gasteiger partial charge in [0, 0.05) is 4.88 Å². The molecule has 1 aromatic rings. The highest BCUT2D eigenvalue weighted by Gasteiger charge is 2.46. The van der Waals surface area contributed by atoms with Gasteiger partial charge in [-0.15, -0.1) is 11.3 Å². The van der Waals surface area contributed by atoms with E-state index >= 15 is 0 Å². The molecule has 0 aliphatic carbocycles. The van der Waals surface area contributed by atoms with Gasteiger partial charge in [-0.1, -0.05) is 13.3 Å². The molecular weight excluding hydrogens is 260 g/mol. The van der Waals surface area contributed by atoms with Crippen LogP contribution in [-0.2, 0) is 11.3 Å². The summed E-state index contributed by atoms with van der Waals surface area (Å²) in [5.74, 6) is -0.670. The van der Waals surface area contributed by atoms with Gasteiger partial charge in [0.25, 0.3) is 0 Å². The summed E-state index contributed by atoms with van der Waals surface area (Å²) in [6.07, 6.45) is 3.36. The van der Waals surface area contributed by atoms with Gasteiger partial charge in [-0.25, -0.2) is 4.98 Å².